The molecule has 5 nitrogen and oxygen atoms in total. The molecule has 2 heterocycles. The quantitative estimate of drug-likeness (QED) is 0.901. The molecule has 1 aromatic heterocycles. The van der Waals surface area contributed by atoms with E-state index in [4.69, 9.17) is 5.73 Å². The van der Waals surface area contributed by atoms with Gasteiger partial charge in [-0.25, -0.2) is 0 Å². The third-order valence-corrected chi connectivity index (χ3v) is 4.12. The second-order valence-corrected chi connectivity index (χ2v) is 5.89. The Bertz CT molecular complexity index is 418. The van der Waals surface area contributed by atoms with E-state index in [-0.39, 0.29) is 11.8 Å². The molecule has 1 aliphatic rings. The lowest BCUT2D eigenvalue weighted by molar-refractivity contribution is 0.0681. The molecule has 0 aromatic carbocycles. The molecule has 1 saturated heterocycles. The highest BCUT2D eigenvalue weighted by Crippen LogP contribution is 2.24. The normalized spacial score (nSPS) is 20.4. The highest BCUT2D eigenvalue weighted by Gasteiger charge is 2.27. The first-order valence-electron chi connectivity index (χ1n) is 6.45. The van der Waals surface area contributed by atoms with Gasteiger partial charge in [0.15, 0.2) is 0 Å². The van der Waals surface area contributed by atoms with Crippen LogP contribution in [0.15, 0.2) is 0 Å². The molecule has 1 amide bonds. The lowest BCUT2D eigenvalue weighted by atomic mass is 9.98. The van der Waals surface area contributed by atoms with E-state index in [1.165, 1.54) is 11.5 Å². The summed E-state index contributed by atoms with van der Waals surface area (Å²) in [5.74, 6) is 0.746. The van der Waals surface area contributed by atoms with E-state index < -0.39 is 0 Å². The van der Waals surface area contributed by atoms with E-state index >= 15 is 0 Å². The van der Waals surface area contributed by atoms with Crippen LogP contribution in [0.3, 0.4) is 0 Å². The van der Waals surface area contributed by atoms with Crippen LogP contribution in [-0.4, -0.2) is 40.0 Å². The Kier molecular flexibility index (Phi) is 4.29. The van der Waals surface area contributed by atoms with Crippen LogP contribution in [0.4, 0.5) is 0 Å². The van der Waals surface area contributed by atoms with Crippen LogP contribution in [0.2, 0.25) is 0 Å². The Morgan fingerprint density at radius 2 is 2.39 bits per heavy atom. The van der Waals surface area contributed by atoms with Gasteiger partial charge in [-0.3, -0.25) is 4.79 Å². The van der Waals surface area contributed by atoms with Crippen LogP contribution >= 0.6 is 11.5 Å². The predicted octanol–water partition coefficient (Wildman–Crippen LogP) is 1.47. The summed E-state index contributed by atoms with van der Waals surface area (Å²) in [6.07, 6.45) is 2.16. The van der Waals surface area contributed by atoms with Crippen molar-refractivity contribution in [2.45, 2.75) is 32.6 Å². The number of aromatic nitrogens is 2. The molecule has 0 radical (unpaired) electrons. The summed E-state index contributed by atoms with van der Waals surface area (Å²) >= 11 is 1.20. The summed E-state index contributed by atoms with van der Waals surface area (Å²) in [5.41, 5.74) is 6.52. The smallest absolute Gasteiger partial charge is 0.267 e. The van der Waals surface area contributed by atoms with Crippen LogP contribution in [0, 0.1) is 5.92 Å². The number of hydrogen-bond donors (Lipinski definition) is 1. The molecule has 1 atom stereocenters. The summed E-state index contributed by atoms with van der Waals surface area (Å²) in [6, 6.07) is 0. The largest absolute Gasteiger partial charge is 0.338 e. The van der Waals surface area contributed by atoms with Crippen molar-refractivity contribution in [1.82, 2.24) is 14.5 Å². The number of likely N-dealkylation sites (tertiary alicyclic amines) is 1. The molecular weight excluding hydrogens is 248 g/mol. The number of nitrogens with two attached hydrogens (primary N) is 1. The van der Waals surface area contributed by atoms with Crippen LogP contribution in [-0.2, 0) is 0 Å². The maximum atomic E-state index is 12.5. The Balaban J connectivity index is 2.13. The second-order valence-electron chi connectivity index (χ2n) is 5.14. The second kappa shape index (κ2) is 5.75. The first-order valence-corrected chi connectivity index (χ1v) is 7.22. The number of carbonyl (C=O) groups is 1. The van der Waals surface area contributed by atoms with E-state index in [9.17, 15) is 4.79 Å². The van der Waals surface area contributed by atoms with Gasteiger partial charge in [0.25, 0.3) is 5.91 Å². The average molecular weight is 268 g/mol. The SMILES string of the molecule is CC(C)c1nnsc1C(=O)N1CCCC(CN)C1. The number of piperidine rings is 1. The third-order valence-electron chi connectivity index (χ3n) is 3.39. The standard InChI is InChI=1S/C12H20N4OS/c1-8(2)10-11(18-15-14-10)12(17)16-5-3-4-9(6-13)7-16/h8-9H,3-7,13H2,1-2H3. The molecule has 0 bridgehead atoms. The number of nitrogens with zero attached hydrogens (tertiary/aromatic N) is 3. The van der Waals surface area contributed by atoms with Crippen LogP contribution in [0.1, 0.15) is 48.0 Å². The minimum atomic E-state index is 0.0758. The summed E-state index contributed by atoms with van der Waals surface area (Å²) in [5, 5.41) is 4.07. The summed E-state index contributed by atoms with van der Waals surface area (Å²) in [7, 11) is 0. The number of rotatable bonds is 3. The first-order chi connectivity index (χ1) is 8.63. The van der Waals surface area contributed by atoms with E-state index in [0.29, 0.717) is 17.3 Å². The van der Waals surface area contributed by atoms with Crippen molar-refractivity contribution in [3.8, 4) is 0 Å². The molecule has 0 aliphatic carbocycles. The predicted molar refractivity (Wildman–Crippen MR) is 71.7 cm³/mol. The minimum absolute atomic E-state index is 0.0758. The Morgan fingerprint density at radius 1 is 1.61 bits per heavy atom. The van der Waals surface area contributed by atoms with Crippen molar-refractivity contribution in [3.63, 3.8) is 0 Å². The maximum Gasteiger partial charge on any atom is 0.267 e. The lowest BCUT2D eigenvalue weighted by Gasteiger charge is -2.31. The number of hydrogen-bond acceptors (Lipinski definition) is 5. The van der Waals surface area contributed by atoms with Gasteiger partial charge in [-0.2, -0.15) is 0 Å². The molecule has 0 spiro atoms. The van der Waals surface area contributed by atoms with Gasteiger partial charge < -0.3 is 10.6 Å². The van der Waals surface area contributed by atoms with Gasteiger partial charge in [-0.1, -0.05) is 18.3 Å². The lowest BCUT2D eigenvalue weighted by Crippen LogP contribution is -2.42. The molecule has 6 heteroatoms. The summed E-state index contributed by atoms with van der Waals surface area (Å²) in [6.45, 7) is 6.32. The highest BCUT2D eigenvalue weighted by molar-refractivity contribution is 7.08. The number of carbonyl (C=O) groups excluding carboxylic acids is 1. The van der Waals surface area contributed by atoms with Crippen LogP contribution < -0.4 is 5.73 Å². The Hall–Kier alpha value is -1.01. The van der Waals surface area contributed by atoms with E-state index in [0.717, 1.165) is 31.6 Å². The van der Waals surface area contributed by atoms with Crippen LogP contribution in [0.5, 0.6) is 0 Å². The highest BCUT2D eigenvalue weighted by atomic mass is 32.1. The monoisotopic (exact) mass is 268 g/mol. The molecule has 1 unspecified atom stereocenters. The molecule has 1 aliphatic heterocycles. The fourth-order valence-corrected chi connectivity index (χ4v) is 3.10. The van der Waals surface area contributed by atoms with Gasteiger partial charge in [0.05, 0.1) is 5.69 Å². The topological polar surface area (TPSA) is 72.1 Å². The molecule has 1 fully saturated rings. The Morgan fingerprint density at radius 3 is 3.06 bits per heavy atom. The van der Waals surface area contributed by atoms with Gasteiger partial charge in [0.2, 0.25) is 0 Å². The maximum absolute atomic E-state index is 12.5. The molecule has 2 rings (SSSR count). The summed E-state index contributed by atoms with van der Waals surface area (Å²) < 4.78 is 3.92. The van der Waals surface area contributed by atoms with Crippen molar-refractivity contribution < 1.29 is 4.79 Å². The molecule has 1 aromatic rings. The van der Waals surface area contributed by atoms with Gasteiger partial charge in [0.1, 0.15) is 4.88 Å². The van der Waals surface area contributed by atoms with Crippen molar-refractivity contribution in [3.05, 3.63) is 10.6 Å². The summed E-state index contributed by atoms with van der Waals surface area (Å²) in [4.78, 5) is 15.1. The minimum Gasteiger partial charge on any atom is -0.338 e. The van der Waals surface area contributed by atoms with E-state index in [1.54, 1.807) is 0 Å². The number of amides is 1. The van der Waals surface area contributed by atoms with Gasteiger partial charge in [-0.15, -0.1) is 5.10 Å². The molecule has 0 saturated carbocycles. The molecule has 100 valence electrons. The molecule has 2 N–H and O–H groups in total. The van der Waals surface area contributed by atoms with Gasteiger partial charge >= 0.3 is 0 Å². The van der Waals surface area contributed by atoms with Crippen LogP contribution in [0.25, 0.3) is 0 Å². The zero-order valence-corrected chi connectivity index (χ0v) is 11.7. The first kappa shape index (κ1) is 13.4. The van der Waals surface area contributed by atoms with Gasteiger partial charge in [-0.05, 0) is 42.8 Å². The van der Waals surface area contributed by atoms with Crippen molar-refractivity contribution in [1.29, 1.82) is 0 Å². The van der Waals surface area contributed by atoms with Gasteiger partial charge in [0, 0.05) is 13.1 Å². The molecular formula is C12H20N4OS. The van der Waals surface area contributed by atoms with E-state index in [1.807, 2.05) is 18.7 Å². The third kappa shape index (κ3) is 2.70. The fraction of sp³-hybridized carbons (Fsp3) is 0.750. The Labute approximate surface area is 112 Å². The van der Waals surface area contributed by atoms with E-state index in [2.05, 4.69) is 9.59 Å². The van der Waals surface area contributed by atoms with Crippen molar-refractivity contribution in [2.75, 3.05) is 19.6 Å². The fourth-order valence-electron chi connectivity index (χ4n) is 2.31. The average Bonchev–Trinajstić information content (AvgIpc) is 2.87. The zero-order chi connectivity index (χ0) is 13.1. The molecule has 18 heavy (non-hydrogen) atoms. The van der Waals surface area contributed by atoms with Crippen molar-refractivity contribution >= 4 is 17.4 Å². The van der Waals surface area contributed by atoms with Crippen molar-refractivity contribution in [2.24, 2.45) is 11.7 Å². The zero-order valence-electron chi connectivity index (χ0n) is 10.9.